The highest BCUT2D eigenvalue weighted by Gasteiger charge is 2.39. The molecule has 1 unspecified atom stereocenters. The van der Waals surface area contributed by atoms with Crippen LogP contribution in [0.2, 0.25) is 0 Å². The van der Waals surface area contributed by atoms with Crippen molar-refractivity contribution in [1.29, 1.82) is 0 Å². The largest absolute Gasteiger partial charge is 0.508 e. The van der Waals surface area contributed by atoms with Gasteiger partial charge in [0.25, 0.3) is 0 Å². The highest BCUT2D eigenvalue weighted by Crippen LogP contribution is 2.37. The van der Waals surface area contributed by atoms with Crippen molar-refractivity contribution in [2.24, 2.45) is 0 Å². The summed E-state index contributed by atoms with van der Waals surface area (Å²) < 4.78 is 17.6. The second-order valence-electron chi connectivity index (χ2n) is 5.78. The molecule has 1 aromatic carbocycles. The van der Waals surface area contributed by atoms with Crippen molar-refractivity contribution in [2.75, 3.05) is 19.8 Å². The summed E-state index contributed by atoms with van der Waals surface area (Å²) in [5.74, 6) is 1.06. The Morgan fingerprint density at radius 3 is 2.85 bits per heavy atom. The van der Waals surface area contributed by atoms with Crippen LogP contribution in [0.4, 0.5) is 0 Å². The molecule has 2 aliphatic rings. The predicted octanol–water partition coefficient (Wildman–Crippen LogP) is 2.81. The number of phenolic OH excluding ortho intramolecular Hbond substituents is 1. The number of hydrogen-bond donors (Lipinski definition) is 1. The van der Waals surface area contributed by atoms with Crippen molar-refractivity contribution in [3.8, 4) is 11.5 Å². The van der Waals surface area contributed by atoms with E-state index in [1.807, 2.05) is 19.1 Å². The van der Waals surface area contributed by atoms with Crippen LogP contribution in [-0.4, -0.2) is 36.6 Å². The van der Waals surface area contributed by atoms with Crippen LogP contribution in [0.3, 0.4) is 0 Å². The number of ether oxygens (including phenoxy) is 3. The van der Waals surface area contributed by atoms with Crippen molar-refractivity contribution in [3.05, 3.63) is 23.8 Å². The molecule has 4 nitrogen and oxygen atoms in total. The Balaban J connectivity index is 1.69. The molecule has 1 aromatic rings. The molecule has 3 rings (SSSR count). The Hall–Kier alpha value is -1.26. The number of phenols is 1. The van der Waals surface area contributed by atoms with Gasteiger partial charge in [0.15, 0.2) is 0 Å². The van der Waals surface area contributed by atoms with E-state index < -0.39 is 0 Å². The lowest BCUT2D eigenvalue weighted by atomic mass is 9.85. The van der Waals surface area contributed by atoms with Crippen LogP contribution < -0.4 is 4.74 Å². The van der Waals surface area contributed by atoms with Gasteiger partial charge in [0.05, 0.1) is 12.2 Å². The van der Waals surface area contributed by atoms with Crippen molar-refractivity contribution >= 4 is 0 Å². The van der Waals surface area contributed by atoms with Gasteiger partial charge in [-0.3, -0.25) is 0 Å². The third-order valence-electron chi connectivity index (χ3n) is 4.40. The highest BCUT2D eigenvalue weighted by atomic mass is 16.5. The van der Waals surface area contributed by atoms with E-state index >= 15 is 0 Å². The molecule has 4 heteroatoms. The Morgan fingerprint density at radius 2 is 2.05 bits per heavy atom. The molecule has 1 atom stereocenters. The first-order valence-electron chi connectivity index (χ1n) is 7.35. The molecule has 1 spiro atoms. The fraction of sp³-hybridized carbons (Fsp3) is 0.625. The van der Waals surface area contributed by atoms with Gasteiger partial charge in [-0.1, -0.05) is 6.07 Å². The summed E-state index contributed by atoms with van der Waals surface area (Å²) in [5, 5.41) is 9.75. The van der Waals surface area contributed by atoms with Gasteiger partial charge in [-0.25, -0.2) is 0 Å². The second-order valence-corrected chi connectivity index (χ2v) is 5.78. The molecular formula is C16H22O4. The Kier molecular flexibility index (Phi) is 3.85. The van der Waals surface area contributed by atoms with Gasteiger partial charge in [-0.15, -0.1) is 0 Å². The van der Waals surface area contributed by atoms with Gasteiger partial charge in [0.2, 0.25) is 0 Å². The molecule has 1 N–H and O–H groups in total. The summed E-state index contributed by atoms with van der Waals surface area (Å²) >= 11 is 0. The van der Waals surface area contributed by atoms with Crippen LogP contribution in [0.25, 0.3) is 0 Å². The average molecular weight is 278 g/mol. The summed E-state index contributed by atoms with van der Waals surface area (Å²) in [6.45, 7) is 4.17. The van der Waals surface area contributed by atoms with E-state index in [0.717, 1.165) is 56.8 Å². The first kappa shape index (κ1) is 13.7. The maximum Gasteiger partial charge on any atom is 0.126 e. The van der Waals surface area contributed by atoms with Crippen LogP contribution in [0, 0.1) is 6.92 Å². The van der Waals surface area contributed by atoms with E-state index in [2.05, 4.69) is 0 Å². The standard InChI is InChI=1S/C16H22O4/c1-12-14(17)3-2-4-15(12)20-13-5-8-19-16(11-13)6-9-18-10-7-16/h2-4,13,17H,5-11H2,1H3. The molecule has 0 amide bonds. The van der Waals surface area contributed by atoms with Crippen LogP contribution in [-0.2, 0) is 9.47 Å². The minimum atomic E-state index is -0.0636. The zero-order chi connectivity index (χ0) is 14.0. The van der Waals surface area contributed by atoms with E-state index in [1.54, 1.807) is 6.07 Å². The van der Waals surface area contributed by atoms with Gasteiger partial charge in [-0.05, 0) is 31.9 Å². The molecular weight excluding hydrogens is 256 g/mol. The lowest BCUT2D eigenvalue weighted by Crippen LogP contribution is -2.47. The molecule has 0 bridgehead atoms. The fourth-order valence-corrected chi connectivity index (χ4v) is 3.09. The summed E-state index contributed by atoms with van der Waals surface area (Å²) in [5.41, 5.74) is 0.742. The van der Waals surface area contributed by atoms with E-state index in [1.165, 1.54) is 0 Å². The fourth-order valence-electron chi connectivity index (χ4n) is 3.09. The SMILES string of the molecule is Cc1c(O)cccc1OC1CCOC2(CCOCC2)C1. The van der Waals surface area contributed by atoms with Gasteiger partial charge < -0.3 is 19.3 Å². The summed E-state index contributed by atoms with van der Waals surface area (Å²) in [4.78, 5) is 0. The Labute approximate surface area is 119 Å². The molecule has 2 aliphatic heterocycles. The first-order chi connectivity index (χ1) is 9.69. The van der Waals surface area contributed by atoms with Gasteiger partial charge >= 0.3 is 0 Å². The van der Waals surface area contributed by atoms with Crippen molar-refractivity contribution in [1.82, 2.24) is 0 Å². The minimum absolute atomic E-state index is 0.0636. The van der Waals surface area contributed by atoms with Crippen molar-refractivity contribution < 1.29 is 19.3 Å². The quantitative estimate of drug-likeness (QED) is 0.903. The van der Waals surface area contributed by atoms with Crippen molar-refractivity contribution in [2.45, 2.75) is 44.3 Å². The first-order valence-corrected chi connectivity index (χ1v) is 7.35. The molecule has 2 fully saturated rings. The van der Waals surface area contributed by atoms with E-state index in [0.29, 0.717) is 0 Å². The van der Waals surface area contributed by atoms with E-state index in [9.17, 15) is 5.11 Å². The third kappa shape index (κ3) is 2.76. The number of hydrogen-bond acceptors (Lipinski definition) is 4. The molecule has 0 aromatic heterocycles. The minimum Gasteiger partial charge on any atom is -0.508 e. The van der Waals surface area contributed by atoms with Gasteiger partial charge in [-0.2, -0.15) is 0 Å². The van der Waals surface area contributed by atoms with Gasteiger partial charge in [0, 0.05) is 31.6 Å². The number of benzene rings is 1. The Morgan fingerprint density at radius 1 is 1.25 bits per heavy atom. The molecule has 20 heavy (non-hydrogen) atoms. The predicted molar refractivity (Wildman–Crippen MR) is 75.2 cm³/mol. The maximum atomic E-state index is 9.75. The summed E-state index contributed by atoms with van der Waals surface area (Å²) in [6, 6.07) is 5.43. The zero-order valence-corrected chi connectivity index (χ0v) is 11.9. The molecule has 2 saturated heterocycles. The lowest BCUT2D eigenvalue weighted by Gasteiger charge is -2.43. The third-order valence-corrected chi connectivity index (χ3v) is 4.40. The smallest absolute Gasteiger partial charge is 0.126 e. The molecule has 0 radical (unpaired) electrons. The molecule has 0 saturated carbocycles. The lowest BCUT2D eigenvalue weighted by molar-refractivity contribution is -0.155. The number of aromatic hydroxyl groups is 1. The average Bonchev–Trinajstić information content (AvgIpc) is 2.45. The summed E-state index contributed by atoms with van der Waals surface area (Å²) in [7, 11) is 0. The molecule has 110 valence electrons. The van der Waals surface area contributed by atoms with E-state index in [-0.39, 0.29) is 17.5 Å². The van der Waals surface area contributed by atoms with Crippen LogP contribution in [0.1, 0.15) is 31.2 Å². The maximum absolute atomic E-state index is 9.75. The van der Waals surface area contributed by atoms with Crippen LogP contribution >= 0.6 is 0 Å². The molecule has 2 heterocycles. The molecule has 0 aliphatic carbocycles. The van der Waals surface area contributed by atoms with Crippen LogP contribution in [0.5, 0.6) is 11.5 Å². The Bertz CT molecular complexity index is 460. The number of rotatable bonds is 2. The van der Waals surface area contributed by atoms with Crippen molar-refractivity contribution in [3.63, 3.8) is 0 Å². The summed E-state index contributed by atoms with van der Waals surface area (Å²) in [6.07, 6.45) is 3.86. The van der Waals surface area contributed by atoms with Crippen LogP contribution in [0.15, 0.2) is 18.2 Å². The van der Waals surface area contributed by atoms with Gasteiger partial charge in [0.1, 0.15) is 17.6 Å². The topological polar surface area (TPSA) is 47.9 Å². The zero-order valence-electron chi connectivity index (χ0n) is 11.9. The normalized spacial score (nSPS) is 25.6. The van der Waals surface area contributed by atoms with E-state index in [4.69, 9.17) is 14.2 Å². The highest BCUT2D eigenvalue weighted by molar-refractivity contribution is 5.42. The second kappa shape index (κ2) is 5.62. The monoisotopic (exact) mass is 278 g/mol.